The van der Waals surface area contributed by atoms with Crippen LogP contribution >= 0.6 is 0 Å². The lowest BCUT2D eigenvalue weighted by atomic mass is 10.3. The van der Waals surface area contributed by atoms with Crippen LogP contribution in [0.25, 0.3) is 0 Å². The summed E-state index contributed by atoms with van der Waals surface area (Å²) in [5, 5.41) is 0. The molecule has 84 valence electrons. The quantitative estimate of drug-likeness (QED) is 0.793. The third-order valence-corrected chi connectivity index (χ3v) is 4.04. The van der Waals surface area contributed by atoms with E-state index in [0.717, 1.165) is 0 Å². The molecule has 0 saturated carbocycles. The molecule has 1 rings (SSSR count). The molecular formula is C10H16N2O2S. The summed E-state index contributed by atoms with van der Waals surface area (Å²) in [4.78, 5) is 0. The standard InChI is InChI=1S/C10H16N2O2S/c1-3-12(15(13,14)4-2)10-7-5-9(11)6-8-10/h5-8H,3-4,11H2,1-2H3. The number of nitrogens with zero attached hydrogens (tertiary/aromatic N) is 1. The van der Waals surface area contributed by atoms with Crippen molar-refractivity contribution in [1.29, 1.82) is 0 Å². The maximum atomic E-state index is 11.7. The highest BCUT2D eigenvalue weighted by atomic mass is 32.2. The Morgan fingerprint density at radius 1 is 1.20 bits per heavy atom. The molecule has 0 unspecified atom stereocenters. The maximum Gasteiger partial charge on any atom is 0.234 e. The van der Waals surface area contributed by atoms with Gasteiger partial charge >= 0.3 is 0 Å². The average molecular weight is 228 g/mol. The van der Waals surface area contributed by atoms with E-state index in [4.69, 9.17) is 5.73 Å². The largest absolute Gasteiger partial charge is 0.399 e. The summed E-state index contributed by atoms with van der Waals surface area (Å²) in [6.45, 7) is 3.87. The van der Waals surface area contributed by atoms with Crippen LogP contribution in [0.15, 0.2) is 24.3 Å². The van der Waals surface area contributed by atoms with E-state index in [9.17, 15) is 8.42 Å². The zero-order valence-corrected chi connectivity index (χ0v) is 9.79. The number of hydrogen-bond acceptors (Lipinski definition) is 3. The van der Waals surface area contributed by atoms with E-state index in [1.54, 1.807) is 31.2 Å². The summed E-state index contributed by atoms with van der Waals surface area (Å²) in [5.41, 5.74) is 6.83. The second-order valence-electron chi connectivity index (χ2n) is 3.16. The molecule has 1 aromatic rings. The Morgan fingerprint density at radius 2 is 1.73 bits per heavy atom. The van der Waals surface area contributed by atoms with Gasteiger partial charge in [-0.2, -0.15) is 0 Å². The summed E-state index contributed by atoms with van der Waals surface area (Å²) in [5.74, 6) is 0.102. The van der Waals surface area contributed by atoms with Gasteiger partial charge in [0, 0.05) is 12.2 Å². The van der Waals surface area contributed by atoms with Crippen LogP contribution in [0.5, 0.6) is 0 Å². The van der Waals surface area contributed by atoms with Crippen molar-refractivity contribution in [3.8, 4) is 0 Å². The van der Waals surface area contributed by atoms with Gasteiger partial charge in [0.2, 0.25) is 10.0 Å². The fourth-order valence-electron chi connectivity index (χ4n) is 1.34. The van der Waals surface area contributed by atoms with Crippen LogP contribution in [0, 0.1) is 0 Å². The van der Waals surface area contributed by atoms with Crippen LogP contribution in [-0.2, 0) is 10.0 Å². The molecule has 0 spiro atoms. The number of rotatable bonds is 4. The first-order chi connectivity index (χ1) is 7.01. The lowest BCUT2D eigenvalue weighted by Gasteiger charge is -2.21. The number of hydrogen-bond donors (Lipinski definition) is 1. The topological polar surface area (TPSA) is 63.4 Å². The minimum Gasteiger partial charge on any atom is -0.399 e. The van der Waals surface area contributed by atoms with E-state index >= 15 is 0 Å². The Hall–Kier alpha value is -1.23. The molecule has 0 radical (unpaired) electrons. The predicted molar refractivity (Wildman–Crippen MR) is 63.3 cm³/mol. The van der Waals surface area contributed by atoms with E-state index < -0.39 is 10.0 Å². The van der Waals surface area contributed by atoms with Crippen LogP contribution in [0.1, 0.15) is 13.8 Å². The zero-order chi connectivity index (χ0) is 11.5. The fourth-order valence-corrected chi connectivity index (χ4v) is 2.48. The highest BCUT2D eigenvalue weighted by Crippen LogP contribution is 2.19. The summed E-state index contributed by atoms with van der Waals surface area (Å²) < 4.78 is 24.8. The van der Waals surface area contributed by atoms with E-state index in [0.29, 0.717) is 17.9 Å². The monoisotopic (exact) mass is 228 g/mol. The average Bonchev–Trinajstić information content (AvgIpc) is 2.22. The highest BCUT2D eigenvalue weighted by molar-refractivity contribution is 7.92. The molecule has 0 aliphatic carbocycles. The number of benzene rings is 1. The first-order valence-corrected chi connectivity index (χ1v) is 6.48. The Morgan fingerprint density at radius 3 is 2.13 bits per heavy atom. The van der Waals surface area contributed by atoms with Crippen LogP contribution in [0.4, 0.5) is 11.4 Å². The normalized spacial score (nSPS) is 11.3. The molecule has 5 heteroatoms. The fraction of sp³-hybridized carbons (Fsp3) is 0.400. The van der Waals surface area contributed by atoms with Crippen LogP contribution < -0.4 is 10.0 Å². The third kappa shape index (κ3) is 2.62. The van der Waals surface area contributed by atoms with Gasteiger partial charge in [0.25, 0.3) is 0 Å². The van der Waals surface area contributed by atoms with Crippen LogP contribution in [-0.4, -0.2) is 20.7 Å². The minimum atomic E-state index is -3.18. The van der Waals surface area contributed by atoms with E-state index in [1.807, 2.05) is 6.92 Å². The van der Waals surface area contributed by atoms with Crippen molar-refractivity contribution in [3.63, 3.8) is 0 Å². The number of anilines is 2. The van der Waals surface area contributed by atoms with E-state index in [1.165, 1.54) is 4.31 Å². The first kappa shape index (κ1) is 11.8. The smallest absolute Gasteiger partial charge is 0.234 e. The minimum absolute atomic E-state index is 0.102. The van der Waals surface area contributed by atoms with Crippen molar-refractivity contribution in [3.05, 3.63) is 24.3 Å². The Kier molecular flexibility index (Phi) is 3.57. The van der Waals surface area contributed by atoms with Gasteiger partial charge in [-0.25, -0.2) is 8.42 Å². The van der Waals surface area contributed by atoms with Crippen molar-refractivity contribution < 1.29 is 8.42 Å². The van der Waals surface area contributed by atoms with Crippen LogP contribution in [0.3, 0.4) is 0 Å². The molecule has 0 heterocycles. The molecule has 4 nitrogen and oxygen atoms in total. The molecule has 0 fully saturated rings. The van der Waals surface area contributed by atoms with Crippen molar-refractivity contribution in [1.82, 2.24) is 0 Å². The lowest BCUT2D eigenvalue weighted by Crippen LogP contribution is -2.31. The Labute approximate surface area is 90.8 Å². The van der Waals surface area contributed by atoms with E-state index in [2.05, 4.69) is 0 Å². The molecule has 2 N–H and O–H groups in total. The van der Waals surface area contributed by atoms with Crippen molar-refractivity contribution in [2.24, 2.45) is 0 Å². The van der Waals surface area contributed by atoms with Crippen LogP contribution in [0.2, 0.25) is 0 Å². The SMILES string of the molecule is CCN(c1ccc(N)cc1)S(=O)(=O)CC. The molecular weight excluding hydrogens is 212 g/mol. The molecule has 15 heavy (non-hydrogen) atoms. The summed E-state index contributed by atoms with van der Waals surface area (Å²) in [6.07, 6.45) is 0. The second kappa shape index (κ2) is 4.53. The Balaban J connectivity index is 3.09. The van der Waals surface area contributed by atoms with Gasteiger partial charge in [0.1, 0.15) is 0 Å². The molecule has 0 aliphatic heterocycles. The van der Waals surface area contributed by atoms with Crippen molar-refractivity contribution in [2.75, 3.05) is 22.3 Å². The van der Waals surface area contributed by atoms with Gasteiger partial charge in [0.15, 0.2) is 0 Å². The highest BCUT2D eigenvalue weighted by Gasteiger charge is 2.17. The van der Waals surface area contributed by atoms with Gasteiger partial charge in [-0.1, -0.05) is 0 Å². The summed E-state index contributed by atoms with van der Waals surface area (Å²) in [6, 6.07) is 6.82. The molecule has 0 amide bonds. The third-order valence-electron chi connectivity index (χ3n) is 2.17. The van der Waals surface area contributed by atoms with Gasteiger partial charge in [0.05, 0.1) is 11.4 Å². The van der Waals surface area contributed by atoms with Gasteiger partial charge in [-0.05, 0) is 38.1 Å². The predicted octanol–water partition coefficient (Wildman–Crippen LogP) is 1.44. The maximum absolute atomic E-state index is 11.7. The summed E-state index contributed by atoms with van der Waals surface area (Å²) in [7, 11) is -3.18. The molecule has 0 bridgehead atoms. The molecule has 0 saturated heterocycles. The van der Waals surface area contributed by atoms with Crippen molar-refractivity contribution >= 4 is 21.4 Å². The number of nitrogens with two attached hydrogens (primary N) is 1. The van der Waals surface area contributed by atoms with Gasteiger partial charge in [-0.15, -0.1) is 0 Å². The van der Waals surface area contributed by atoms with Crippen molar-refractivity contribution in [2.45, 2.75) is 13.8 Å². The van der Waals surface area contributed by atoms with E-state index in [-0.39, 0.29) is 5.75 Å². The second-order valence-corrected chi connectivity index (χ2v) is 5.34. The zero-order valence-electron chi connectivity index (χ0n) is 8.97. The molecule has 0 atom stereocenters. The number of nitrogen functional groups attached to an aromatic ring is 1. The number of sulfonamides is 1. The summed E-state index contributed by atoms with van der Waals surface area (Å²) >= 11 is 0. The lowest BCUT2D eigenvalue weighted by molar-refractivity contribution is 0.593. The first-order valence-electron chi connectivity index (χ1n) is 4.87. The Bertz CT molecular complexity index is 412. The molecule has 0 aliphatic rings. The van der Waals surface area contributed by atoms with Gasteiger partial charge in [-0.3, -0.25) is 4.31 Å². The molecule has 0 aromatic heterocycles. The molecule has 1 aromatic carbocycles. The van der Waals surface area contributed by atoms with Gasteiger partial charge < -0.3 is 5.73 Å².